The van der Waals surface area contributed by atoms with E-state index in [-0.39, 0.29) is 12.1 Å². The van der Waals surface area contributed by atoms with Crippen LogP contribution in [0.5, 0.6) is 5.75 Å². The molecule has 2 heteroatoms. The Bertz CT molecular complexity index is 521. The predicted octanol–water partition coefficient (Wildman–Crippen LogP) is 4.50. The van der Waals surface area contributed by atoms with Crippen molar-refractivity contribution in [2.24, 2.45) is 0 Å². The Morgan fingerprint density at radius 2 is 1.67 bits per heavy atom. The molecule has 0 aliphatic heterocycles. The topological polar surface area (TPSA) is 21.3 Å². The molecule has 0 saturated carbocycles. The van der Waals surface area contributed by atoms with Crippen molar-refractivity contribution < 1.29 is 4.74 Å². The first-order valence-corrected chi connectivity index (χ1v) is 7.72. The zero-order chi connectivity index (χ0) is 15.1. The Morgan fingerprint density at radius 1 is 1.00 bits per heavy atom. The normalized spacial score (nSPS) is 13.7. The maximum absolute atomic E-state index is 6.10. The van der Waals surface area contributed by atoms with Gasteiger partial charge in [0.15, 0.2) is 0 Å². The number of hydrogen-bond donors (Lipinski definition) is 1. The minimum atomic E-state index is 0.0710. The number of aryl methyl sites for hydroxylation is 1. The van der Waals surface area contributed by atoms with Crippen molar-refractivity contribution in [3.63, 3.8) is 0 Å². The van der Waals surface area contributed by atoms with Gasteiger partial charge >= 0.3 is 0 Å². The number of hydrogen-bond acceptors (Lipinski definition) is 2. The molecule has 2 nitrogen and oxygen atoms in total. The molecule has 0 amide bonds. The highest BCUT2D eigenvalue weighted by molar-refractivity contribution is 5.26. The molecule has 2 aromatic carbocycles. The Kier molecular flexibility index (Phi) is 5.82. The van der Waals surface area contributed by atoms with Crippen LogP contribution in [0.4, 0.5) is 0 Å². The van der Waals surface area contributed by atoms with Crippen LogP contribution in [0.15, 0.2) is 54.6 Å². The van der Waals surface area contributed by atoms with Gasteiger partial charge in [0, 0.05) is 0 Å². The summed E-state index contributed by atoms with van der Waals surface area (Å²) < 4.78 is 6.10. The minimum Gasteiger partial charge on any atom is -0.489 e. The maximum Gasteiger partial charge on any atom is 0.119 e. The van der Waals surface area contributed by atoms with E-state index in [1.807, 2.05) is 30.3 Å². The van der Waals surface area contributed by atoms with Gasteiger partial charge < -0.3 is 10.1 Å². The quantitative estimate of drug-likeness (QED) is 0.807. The van der Waals surface area contributed by atoms with Gasteiger partial charge in [0.05, 0.1) is 6.04 Å². The van der Waals surface area contributed by atoms with Gasteiger partial charge in [0.2, 0.25) is 0 Å². The molecule has 0 radical (unpaired) electrons. The van der Waals surface area contributed by atoms with Gasteiger partial charge in [-0.15, -0.1) is 0 Å². The molecule has 112 valence electrons. The first kappa shape index (κ1) is 15.6. The third-order valence-corrected chi connectivity index (χ3v) is 3.59. The molecule has 0 heterocycles. The van der Waals surface area contributed by atoms with Crippen molar-refractivity contribution in [2.45, 2.75) is 39.3 Å². The lowest BCUT2D eigenvalue weighted by atomic mass is 10.0. The number of rotatable bonds is 7. The Labute approximate surface area is 128 Å². The number of ether oxygens (including phenoxy) is 1. The van der Waals surface area contributed by atoms with Crippen LogP contribution in [0.3, 0.4) is 0 Å². The zero-order valence-corrected chi connectivity index (χ0v) is 13.2. The molecule has 0 aliphatic carbocycles. The largest absolute Gasteiger partial charge is 0.489 e. The van der Waals surface area contributed by atoms with Crippen LogP contribution < -0.4 is 10.1 Å². The molecule has 0 spiro atoms. The number of para-hydroxylation sites is 1. The van der Waals surface area contributed by atoms with Crippen LogP contribution in [0, 0.1) is 6.92 Å². The van der Waals surface area contributed by atoms with E-state index < -0.39 is 0 Å². The zero-order valence-electron chi connectivity index (χ0n) is 13.2. The average Bonchev–Trinajstić information content (AvgIpc) is 2.50. The number of nitrogens with one attached hydrogen (secondary N) is 1. The highest BCUT2D eigenvalue weighted by Gasteiger charge is 2.20. The third-order valence-electron chi connectivity index (χ3n) is 3.59. The molecule has 0 bridgehead atoms. The van der Waals surface area contributed by atoms with Crippen molar-refractivity contribution in [3.05, 3.63) is 65.7 Å². The molecule has 0 saturated heterocycles. The second-order valence-corrected chi connectivity index (χ2v) is 5.48. The van der Waals surface area contributed by atoms with Crippen molar-refractivity contribution in [1.82, 2.24) is 5.32 Å². The van der Waals surface area contributed by atoms with Gasteiger partial charge in [-0.05, 0) is 44.5 Å². The van der Waals surface area contributed by atoms with E-state index in [4.69, 9.17) is 4.74 Å². The molecular weight excluding hydrogens is 258 g/mol. The molecule has 0 aromatic heterocycles. The van der Waals surface area contributed by atoms with Crippen LogP contribution in [0.1, 0.15) is 37.4 Å². The van der Waals surface area contributed by atoms with E-state index in [1.165, 1.54) is 11.1 Å². The van der Waals surface area contributed by atoms with Gasteiger partial charge in [0.25, 0.3) is 0 Å². The van der Waals surface area contributed by atoms with E-state index in [0.717, 1.165) is 18.7 Å². The average molecular weight is 283 g/mol. The summed E-state index contributed by atoms with van der Waals surface area (Å²) in [7, 11) is 0. The summed E-state index contributed by atoms with van der Waals surface area (Å²) in [5, 5.41) is 3.60. The van der Waals surface area contributed by atoms with Crippen LogP contribution in [-0.2, 0) is 0 Å². The lowest BCUT2D eigenvalue weighted by Gasteiger charge is -2.26. The predicted molar refractivity (Wildman–Crippen MR) is 88.7 cm³/mol. The Balaban J connectivity index is 2.12. The van der Waals surface area contributed by atoms with Crippen LogP contribution in [0.25, 0.3) is 0 Å². The molecular formula is C19H25NO. The fourth-order valence-corrected chi connectivity index (χ4v) is 2.41. The lowest BCUT2D eigenvalue weighted by molar-refractivity contribution is 0.170. The van der Waals surface area contributed by atoms with E-state index in [2.05, 4.69) is 50.4 Å². The van der Waals surface area contributed by atoms with E-state index in [9.17, 15) is 0 Å². The first-order valence-electron chi connectivity index (χ1n) is 7.72. The summed E-state index contributed by atoms with van der Waals surface area (Å²) in [6.07, 6.45) is 1.18. The van der Waals surface area contributed by atoms with Crippen LogP contribution in [0.2, 0.25) is 0 Å². The summed E-state index contributed by atoms with van der Waals surface area (Å²) in [6.45, 7) is 7.41. The fourth-order valence-electron chi connectivity index (χ4n) is 2.41. The molecule has 21 heavy (non-hydrogen) atoms. The maximum atomic E-state index is 6.10. The smallest absolute Gasteiger partial charge is 0.119 e. The highest BCUT2D eigenvalue weighted by atomic mass is 16.5. The van der Waals surface area contributed by atoms with Crippen molar-refractivity contribution >= 4 is 0 Å². The van der Waals surface area contributed by atoms with Crippen molar-refractivity contribution in [1.29, 1.82) is 0 Å². The van der Waals surface area contributed by atoms with Crippen molar-refractivity contribution in [2.75, 3.05) is 6.54 Å². The lowest BCUT2D eigenvalue weighted by Crippen LogP contribution is -2.34. The van der Waals surface area contributed by atoms with E-state index in [1.54, 1.807) is 0 Å². The first-order chi connectivity index (χ1) is 10.2. The molecule has 0 fully saturated rings. The van der Waals surface area contributed by atoms with Gasteiger partial charge in [-0.3, -0.25) is 0 Å². The second-order valence-electron chi connectivity index (χ2n) is 5.48. The van der Waals surface area contributed by atoms with Gasteiger partial charge in [-0.2, -0.15) is 0 Å². The fraction of sp³-hybridized carbons (Fsp3) is 0.368. The molecule has 2 rings (SSSR count). The van der Waals surface area contributed by atoms with Crippen LogP contribution >= 0.6 is 0 Å². The van der Waals surface area contributed by atoms with Gasteiger partial charge in [0.1, 0.15) is 11.9 Å². The second kappa shape index (κ2) is 7.84. The summed E-state index contributed by atoms with van der Waals surface area (Å²) >= 11 is 0. The van der Waals surface area contributed by atoms with Gasteiger partial charge in [-0.25, -0.2) is 0 Å². The standard InChI is InChI=1S/C19H25NO/c1-4-14-20-19(17-12-10-15(2)11-13-17)16(3)21-18-8-6-5-7-9-18/h5-13,16,19-20H,4,14H2,1-3H3. The Morgan fingerprint density at radius 3 is 2.29 bits per heavy atom. The van der Waals surface area contributed by atoms with E-state index >= 15 is 0 Å². The van der Waals surface area contributed by atoms with Crippen LogP contribution in [-0.4, -0.2) is 12.6 Å². The molecule has 1 N–H and O–H groups in total. The highest BCUT2D eigenvalue weighted by Crippen LogP contribution is 2.22. The molecule has 0 aliphatic rings. The monoisotopic (exact) mass is 283 g/mol. The summed E-state index contributed by atoms with van der Waals surface area (Å²) in [5.41, 5.74) is 2.56. The SMILES string of the molecule is CCCNC(c1ccc(C)cc1)C(C)Oc1ccccc1. The number of benzene rings is 2. The summed E-state index contributed by atoms with van der Waals surface area (Å²) in [4.78, 5) is 0. The molecule has 2 aromatic rings. The Hall–Kier alpha value is -1.80. The minimum absolute atomic E-state index is 0.0710. The molecule has 2 unspecified atom stereocenters. The molecule has 2 atom stereocenters. The summed E-state index contributed by atoms with van der Waals surface area (Å²) in [5.74, 6) is 0.917. The van der Waals surface area contributed by atoms with E-state index in [0.29, 0.717) is 0 Å². The van der Waals surface area contributed by atoms with Crippen molar-refractivity contribution in [3.8, 4) is 5.75 Å². The van der Waals surface area contributed by atoms with Gasteiger partial charge in [-0.1, -0.05) is 55.0 Å². The third kappa shape index (κ3) is 4.61. The summed E-state index contributed by atoms with van der Waals surface area (Å²) in [6, 6.07) is 18.9.